The van der Waals surface area contributed by atoms with E-state index in [-0.39, 0.29) is 6.17 Å². The van der Waals surface area contributed by atoms with Crippen molar-refractivity contribution in [2.45, 2.75) is 19.5 Å². The summed E-state index contributed by atoms with van der Waals surface area (Å²) in [5.41, 5.74) is 14.8. The molecule has 0 aliphatic carbocycles. The summed E-state index contributed by atoms with van der Waals surface area (Å²) in [4.78, 5) is 5.61. The number of nitrogens with zero attached hydrogens (tertiary/aromatic N) is 1. The minimum atomic E-state index is -0.376. The van der Waals surface area contributed by atoms with E-state index in [1.54, 1.807) is 0 Å². The van der Waals surface area contributed by atoms with Gasteiger partial charge in [0.25, 0.3) is 0 Å². The molecule has 3 heterocycles. The van der Waals surface area contributed by atoms with E-state index in [0.29, 0.717) is 6.42 Å². The molecular formula is C56H38N2O2. The molecule has 0 saturated heterocycles. The molecule has 1 unspecified atom stereocenters. The normalized spacial score (nSPS) is 14.7. The Morgan fingerprint density at radius 2 is 1.10 bits per heavy atom. The monoisotopic (exact) mass is 770 g/mol. The molecule has 9 aromatic carbocycles. The highest BCUT2D eigenvalue weighted by Crippen LogP contribution is 2.45. The average molecular weight is 771 g/mol. The number of hydrogen-bond acceptors (Lipinski definition) is 4. The molecule has 60 heavy (non-hydrogen) atoms. The highest BCUT2D eigenvalue weighted by molar-refractivity contribution is 6.17. The Labute approximate surface area is 346 Å². The van der Waals surface area contributed by atoms with Crippen LogP contribution >= 0.6 is 0 Å². The topological polar surface area (TPSA) is 50.7 Å². The fraction of sp³-hybridized carbons (Fsp3) is 0.0536. The maximum atomic E-state index is 6.64. The molecule has 1 aliphatic rings. The van der Waals surface area contributed by atoms with Crippen LogP contribution in [0, 0.1) is 0 Å². The first-order chi connectivity index (χ1) is 29.6. The van der Waals surface area contributed by atoms with E-state index in [1.165, 1.54) is 16.3 Å². The van der Waals surface area contributed by atoms with E-state index in [1.807, 2.05) is 18.2 Å². The number of benzene rings is 9. The molecule has 4 nitrogen and oxygen atoms in total. The van der Waals surface area contributed by atoms with E-state index in [9.17, 15) is 0 Å². The van der Waals surface area contributed by atoms with Crippen LogP contribution < -0.4 is 5.32 Å². The van der Waals surface area contributed by atoms with Crippen molar-refractivity contribution in [1.82, 2.24) is 5.32 Å². The highest BCUT2D eigenvalue weighted by atomic mass is 16.3. The van der Waals surface area contributed by atoms with E-state index in [0.717, 1.165) is 105 Å². The van der Waals surface area contributed by atoms with Gasteiger partial charge >= 0.3 is 0 Å². The second-order valence-corrected chi connectivity index (χ2v) is 15.9. The average Bonchev–Trinajstić information content (AvgIpc) is 3.83. The molecule has 0 fully saturated rings. The van der Waals surface area contributed by atoms with Gasteiger partial charge in [-0.3, -0.25) is 4.99 Å². The van der Waals surface area contributed by atoms with Crippen LogP contribution in [-0.4, -0.2) is 5.71 Å². The van der Waals surface area contributed by atoms with E-state index in [2.05, 4.69) is 182 Å². The van der Waals surface area contributed by atoms with Gasteiger partial charge in [-0.2, -0.15) is 0 Å². The molecule has 1 N–H and O–H groups in total. The summed E-state index contributed by atoms with van der Waals surface area (Å²) in [6, 6.07) is 66.8. The van der Waals surface area contributed by atoms with Gasteiger partial charge < -0.3 is 14.2 Å². The van der Waals surface area contributed by atoms with Gasteiger partial charge in [-0.15, -0.1) is 0 Å². The third-order valence-corrected chi connectivity index (χ3v) is 12.3. The molecule has 0 amide bonds. The predicted molar refractivity (Wildman–Crippen MR) is 249 cm³/mol. The molecule has 0 spiro atoms. The summed E-state index contributed by atoms with van der Waals surface area (Å²) in [5, 5.41) is 13.2. The largest absolute Gasteiger partial charge is 0.456 e. The second-order valence-electron chi connectivity index (χ2n) is 15.9. The Morgan fingerprint density at radius 3 is 1.90 bits per heavy atom. The first-order valence-corrected chi connectivity index (χ1v) is 20.6. The quantitative estimate of drug-likeness (QED) is 0.190. The summed E-state index contributed by atoms with van der Waals surface area (Å²) >= 11 is 0. The number of allylic oxidation sites excluding steroid dienone is 1. The van der Waals surface area contributed by atoms with Gasteiger partial charge in [-0.05, 0) is 98.3 Å². The first kappa shape index (κ1) is 34.4. The zero-order chi connectivity index (χ0) is 39.7. The molecule has 284 valence electrons. The van der Waals surface area contributed by atoms with Crippen LogP contribution in [0.1, 0.15) is 36.2 Å². The number of furan rings is 2. The molecule has 0 bridgehead atoms. The molecule has 1 atom stereocenters. The van der Waals surface area contributed by atoms with Crippen molar-refractivity contribution in [3.63, 3.8) is 0 Å². The van der Waals surface area contributed by atoms with Crippen LogP contribution in [0.15, 0.2) is 207 Å². The number of rotatable bonds is 5. The lowest BCUT2D eigenvalue weighted by Crippen LogP contribution is -2.19. The third kappa shape index (κ3) is 5.56. The zero-order valence-electron chi connectivity index (χ0n) is 32.9. The lowest BCUT2D eigenvalue weighted by Gasteiger charge is -2.22. The molecule has 4 heteroatoms. The van der Waals surface area contributed by atoms with Crippen LogP contribution in [-0.2, 0) is 0 Å². The molecular weight excluding hydrogens is 733 g/mol. The summed E-state index contributed by atoms with van der Waals surface area (Å²) in [6.07, 6.45) is 0.330. The van der Waals surface area contributed by atoms with Crippen molar-refractivity contribution in [2.75, 3.05) is 0 Å². The van der Waals surface area contributed by atoms with E-state index >= 15 is 0 Å². The SMILES string of the molecule is CC1=C(c2cccc3oc4ccccc4c23)NC(c2ccc(-c3cc(-c4ccc5ccccc5c4)cc4oc5ccccc5c34)c3ccccc23)N=C(c2ccccc2)C1. The summed E-state index contributed by atoms with van der Waals surface area (Å²) in [5.74, 6) is 0. The van der Waals surface area contributed by atoms with Gasteiger partial charge in [-0.25, -0.2) is 0 Å². The smallest absolute Gasteiger partial charge is 0.145 e. The van der Waals surface area contributed by atoms with Gasteiger partial charge in [0.2, 0.25) is 0 Å². The van der Waals surface area contributed by atoms with Crippen LogP contribution in [0.4, 0.5) is 0 Å². The standard InChI is InChI=1S/C56H38N2O2/c1-34-30-48(36-15-3-2-4-16-36)57-56(58-55(34)46-22-13-25-51-53(46)44-20-9-11-23-49(44)59-51)43-29-28-42(40-18-7-8-19-41(40)43)47-32-39(38-27-26-35-14-5-6-17-37(35)31-38)33-52-54(47)45-21-10-12-24-50(45)60-52/h2-29,31-33,56,58H,30H2,1H3. The van der Waals surface area contributed by atoms with Gasteiger partial charge in [0, 0.05) is 50.5 Å². The van der Waals surface area contributed by atoms with Crippen molar-refractivity contribution in [3.8, 4) is 22.3 Å². The Bertz CT molecular complexity index is 3570. The van der Waals surface area contributed by atoms with Crippen molar-refractivity contribution in [2.24, 2.45) is 4.99 Å². The maximum absolute atomic E-state index is 6.64. The molecule has 1 aliphatic heterocycles. The van der Waals surface area contributed by atoms with Gasteiger partial charge in [0.05, 0.1) is 0 Å². The van der Waals surface area contributed by atoms with E-state index < -0.39 is 0 Å². The van der Waals surface area contributed by atoms with Gasteiger partial charge in [0.1, 0.15) is 28.5 Å². The second kappa shape index (κ2) is 13.7. The van der Waals surface area contributed by atoms with Crippen LogP contribution in [0.25, 0.3) is 93.4 Å². The summed E-state index contributed by atoms with van der Waals surface area (Å²) < 4.78 is 13.0. The Hall–Kier alpha value is -7.69. The third-order valence-electron chi connectivity index (χ3n) is 12.3. The predicted octanol–water partition coefficient (Wildman–Crippen LogP) is 15.0. The molecule has 11 aromatic rings. The molecule has 0 saturated carbocycles. The minimum Gasteiger partial charge on any atom is -0.456 e. The number of para-hydroxylation sites is 2. The Balaban J connectivity index is 1.07. The van der Waals surface area contributed by atoms with Crippen molar-refractivity contribution in [3.05, 3.63) is 210 Å². The van der Waals surface area contributed by atoms with E-state index in [4.69, 9.17) is 13.8 Å². The molecule has 2 aromatic heterocycles. The number of nitrogens with one attached hydrogen (secondary N) is 1. The minimum absolute atomic E-state index is 0.376. The first-order valence-electron chi connectivity index (χ1n) is 20.6. The Kier molecular flexibility index (Phi) is 7.85. The van der Waals surface area contributed by atoms with Crippen LogP contribution in [0.3, 0.4) is 0 Å². The lowest BCUT2D eigenvalue weighted by atomic mass is 9.89. The fourth-order valence-electron chi connectivity index (χ4n) is 9.48. The fourth-order valence-corrected chi connectivity index (χ4v) is 9.48. The van der Waals surface area contributed by atoms with Gasteiger partial charge in [0.15, 0.2) is 0 Å². The maximum Gasteiger partial charge on any atom is 0.145 e. The Morgan fingerprint density at radius 1 is 0.450 bits per heavy atom. The van der Waals surface area contributed by atoms with Crippen molar-refractivity contribution in [1.29, 1.82) is 0 Å². The molecule has 12 rings (SSSR count). The summed E-state index contributed by atoms with van der Waals surface area (Å²) in [7, 11) is 0. The highest BCUT2D eigenvalue weighted by Gasteiger charge is 2.26. The van der Waals surface area contributed by atoms with Crippen molar-refractivity contribution >= 4 is 76.8 Å². The van der Waals surface area contributed by atoms with Gasteiger partial charge in [-0.1, -0.05) is 152 Å². The number of fused-ring (bicyclic) bond motifs is 8. The van der Waals surface area contributed by atoms with Crippen molar-refractivity contribution < 1.29 is 8.83 Å². The molecule has 0 radical (unpaired) electrons. The van der Waals surface area contributed by atoms with Crippen LogP contribution in [0.5, 0.6) is 0 Å². The number of aliphatic imine (C=N–C) groups is 1. The summed E-state index contributed by atoms with van der Waals surface area (Å²) in [6.45, 7) is 2.23. The zero-order valence-corrected chi connectivity index (χ0v) is 32.9. The van der Waals surface area contributed by atoms with Crippen LogP contribution in [0.2, 0.25) is 0 Å². The lowest BCUT2D eigenvalue weighted by molar-refractivity contribution is 0.668. The number of hydrogen-bond donors (Lipinski definition) is 1.